The average molecular weight is 727 g/mol. The summed E-state index contributed by atoms with van der Waals surface area (Å²) in [4.78, 5) is 25.2. The molecule has 9 heteroatoms. The zero-order valence-corrected chi connectivity index (χ0v) is 34.0. The summed E-state index contributed by atoms with van der Waals surface area (Å²) < 4.78 is 23.1. The van der Waals surface area contributed by atoms with E-state index in [0.717, 1.165) is 64.2 Å². The number of nitrogens with one attached hydrogen (secondary N) is 1. The van der Waals surface area contributed by atoms with Gasteiger partial charge in [-0.2, -0.15) is 0 Å². The first-order valence-electron chi connectivity index (χ1n) is 20.4. The third-order valence-corrected chi connectivity index (χ3v) is 9.81. The van der Waals surface area contributed by atoms with Crippen LogP contribution >= 0.6 is 7.82 Å². The number of nitrogens with zero attached hydrogens (tertiary/aromatic N) is 1. The van der Waals surface area contributed by atoms with Gasteiger partial charge in [0.15, 0.2) is 0 Å². The highest BCUT2D eigenvalue weighted by atomic mass is 31.2. The Kier molecular flexibility index (Phi) is 32.7. The van der Waals surface area contributed by atoms with Gasteiger partial charge < -0.3 is 28.8 Å². The molecule has 0 heterocycles. The summed E-state index contributed by atoms with van der Waals surface area (Å²) in [6.45, 7) is 4.59. The van der Waals surface area contributed by atoms with Gasteiger partial charge in [0.25, 0.3) is 7.82 Å². The molecule has 0 aromatic carbocycles. The molecule has 2 N–H and O–H groups in total. The normalized spacial score (nSPS) is 14.9. The largest absolute Gasteiger partial charge is 0.756 e. The molecule has 50 heavy (non-hydrogen) atoms. The standard InChI is InChI=1S/C41H79N2O6P/c1-6-8-10-12-14-16-18-20-21-22-23-25-27-29-31-33-35-41(45)42-39(38-49-50(46,47)48-37-36-43(3,4)5)40(44)34-32-30-28-26-24-19-17-15-13-11-9-7-2/h16,18,21-22,32,34,39-40,44H,6-15,17,19-20,23-31,33,35-38H2,1-5H3,(H-,42,45,46,47)/b18-16-,22-21-,34-32+. The predicted octanol–water partition coefficient (Wildman–Crippen LogP) is 10.1. The number of amides is 1. The van der Waals surface area contributed by atoms with Gasteiger partial charge in [0.05, 0.1) is 39.9 Å². The van der Waals surface area contributed by atoms with Crippen LogP contribution in [0.4, 0.5) is 0 Å². The Labute approximate surface area is 308 Å². The number of carbonyl (C=O) groups excluding carboxylic acids is 1. The number of phosphoric ester groups is 1. The molecule has 0 aliphatic rings. The predicted molar refractivity (Wildman–Crippen MR) is 210 cm³/mol. The topological polar surface area (TPSA) is 108 Å². The first kappa shape index (κ1) is 48.7. The van der Waals surface area contributed by atoms with E-state index in [1.165, 1.54) is 83.5 Å². The molecule has 0 aromatic heterocycles. The Hall–Kier alpha value is -1.28. The maximum atomic E-state index is 12.8. The number of quaternary nitrogens is 1. The second kappa shape index (κ2) is 33.5. The van der Waals surface area contributed by atoms with Gasteiger partial charge in [0.1, 0.15) is 13.2 Å². The van der Waals surface area contributed by atoms with Crippen molar-refractivity contribution < 1.29 is 32.9 Å². The van der Waals surface area contributed by atoms with Crippen LogP contribution in [0.5, 0.6) is 0 Å². The minimum atomic E-state index is -4.58. The minimum Gasteiger partial charge on any atom is -0.756 e. The van der Waals surface area contributed by atoms with Crippen LogP contribution in [0.15, 0.2) is 36.5 Å². The minimum absolute atomic E-state index is 0.00446. The van der Waals surface area contributed by atoms with Crippen LogP contribution in [0.25, 0.3) is 0 Å². The second-order valence-corrected chi connectivity index (χ2v) is 16.4. The molecule has 0 spiro atoms. The van der Waals surface area contributed by atoms with Crippen LogP contribution < -0.4 is 10.2 Å². The molecular weight excluding hydrogens is 647 g/mol. The van der Waals surface area contributed by atoms with Crippen molar-refractivity contribution in [1.82, 2.24) is 5.32 Å². The van der Waals surface area contributed by atoms with Crippen molar-refractivity contribution in [2.24, 2.45) is 0 Å². The Morgan fingerprint density at radius 2 is 1.16 bits per heavy atom. The van der Waals surface area contributed by atoms with Crippen molar-refractivity contribution >= 4 is 13.7 Å². The van der Waals surface area contributed by atoms with Crippen molar-refractivity contribution in [2.45, 2.75) is 180 Å². The third kappa shape index (κ3) is 35.1. The van der Waals surface area contributed by atoms with E-state index in [1.54, 1.807) is 6.08 Å². The molecule has 0 saturated carbocycles. The van der Waals surface area contributed by atoms with Gasteiger partial charge in [-0.05, 0) is 51.4 Å². The van der Waals surface area contributed by atoms with Crippen LogP contribution in [0.1, 0.15) is 168 Å². The summed E-state index contributed by atoms with van der Waals surface area (Å²) in [7, 11) is 1.25. The third-order valence-electron chi connectivity index (χ3n) is 8.84. The molecule has 0 aromatic rings. The molecule has 294 valence electrons. The summed E-state index contributed by atoms with van der Waals surface area (Å²) in [5, 5.41) is 13.7. The number of aliphatic hydroxyl groups excluding tert-OH is 1. The summed E-state index contributed by atoms with van der Waals surface area (Å²) >= 11 is 0. The molecule has 1 amide bonds. The van der Waals surface area contributed by atoms with E-state index in [0.29, 0.717) is 17.4 Å². The molecule has 0 fully saturated rings. The lowest BCUT2D eigenvalue weighted by Gasteiger charge is -2.29. The number of aliphatic hydroxyl groups is 1. The van der Waals surface area contributed by atoms with Crippen molar-refractivity contribution in [2.75, 3.05) is 40.9 Å². The summed E-state index contributed by atoms with van der Waals surface area (Å²) in [5.41, 5.74) is 0. The van der Waals surface area contributed by atoms with Gasteiger partial charge in [0.2, 0.25) is 5.91 Å². The van der Waals surface area contributed by atoms with E-state index < -0.39 is 20.0 Å². The number of hydrogen-bond acceptors (Lipinski definition) is 6. The molecule has 3 unspecified atom stereocenters. The van der Waals surface area contributed by atoms with Gasteiger partial charge in [0, 0.05) is 6.42 Å². The van der Waals surface area contributed by atoms with Crippen LogP contribution in [-0.2, 0) is 18.4 Å². The lowest BCUT2D eigenvalue weighted by Crippen LogP contribution is -2.45. The molecule has 0 radical (unpaired) electrons. The highest BCUT2D eigenvalue weighted by Crippen LogP contribution is 2.38. The monoisotopic (exact) mass is 727 g/mol. The van der Waals surface area contributed by atoms with E-state index >= 15 is 0 Å². The summed E-state index contributed by atoms with van der Waals surface area (Å²) in [6, 6.07) is -0.890. The van der Waals surface area contributed by atoms with Crippen LogP contribution in [0.3, 0.4) is 0 Å². The van der Waals surface area contributed by atoms with Gasteiger partial charge in [-0.15, -0.1) is 0 Å². The SMILES string of the molecule is CCCCCC/C=C\C/C=C\CCCCCCCC(=O)NC(COP(=O)([O-])OCC[N+](C)(C)C)C(O)/C=C/CCCCCCCCCCCC. The zero-order chi connectivity index (χ0) is 37.2. The number of phosphoric acid groups is 1. The second-order valence-electron chi connectivity index (χ2n) is 15.0. The number of likely N-dealkylation sites (N-methyl/N-ethyl adjacent to an activating group) is 1. The van der Waals surface area contributed by atoms with Crippen LogP contribution in [0.2, 0.25) is 0 Å². The fourth-order valence-electron chi connectivity index (χ4n) is 5.53. The fourth-order valence-corrected chi connectivity index (χ4v) is 6.26. The Bertz CT molecular complexity index is 917. The van der Waals surface area contributed by atoms with E-state index in [-0.39, 0.29) is 19.1 Å². The average Bonchev–Trinajstić information content (AvgIpc) is 3.06. The molecule has 8 nitrogen and oxygen atoms in total. The van der Waals surface area contributed by atoms with Crippen molar-refractivity contribution in [1.29, 1.82) is 0 Å². The highest BCUT2D eigenvalue weighted by molar-refractivity contribution is 7.45. The van der Waals surface area contributed by atoms with Gasteiger partial charge in [-0.1, -0.05) is 147 Å². The number of rotatable bonds is 36. The van der Waals surface area contributed by atoms with Crippen molar-refractivity contribution in [3.8, 4) is 0 Å². The Balaban J connectivity index is 4.52. The molecule has 0 aliphatic heterocycles. The summed E-state index contributed by atoms with van der Waals surface area (Å²) in [6.07, 6.45) is 38.9. The first-order chi connectivity index (χ1) is 24.0. The fraction of sp³-hybridized carbons (Fsp3) is 0.829. The number of carbonyl (C=O) groups is 1. The maximum Gasteiger partial charge on any atom is 0.268 e. The van der Waals surface area contributed by atoms with E-state index in [9.17, 15) is 19.4 Å². The zero-order valence-electron chi connectivity index (χ0n) is 33.1. The smallest absolute Gasteiger partial charge is 0.268 e. The van der Waals surface area contributed by atoms with E-state index in [2.05, 4.69) is 43.5 Å². The molecule has 0 bridgehead atoms. The summed E-state index contributed by atoms with van der Waals surface area (Å²) in [5.74, 6) is -0.214. The Morgan fingerprint density at radius 3 is 1.68 bits per heavy atom. The molecule has 0 rings (SSSR count). The molecule has 0 aliphatic carbocycles. The lowest BCUT2D eigenvalue weighted by atomic mass is 10.1. The highest BCUT2D eigenvalue weighted by Gasteiger charge is 2.23. The van der Waals surface area contributed by atoms with Crippen molar-refractivity contribution in [3.05, 3.63) is 36.5 Å². The van der Waals surface area contributed by atoms with E-state index in [4.69, 9.17) is 9.05 Å². The van der Waals surface area contributed by atoms with Crippen molar-refractivity contribution in [3.63, 3.8) is 0 Å². The molecule has 0 saturated heterocycles. The number of allylic oxidation sites excluding steroid dienone is 5. The van der Waals surface area contributed by atoms with Crippen LogP contribution in [-0.4, -0.2) is 68.5 Å². The Morgan fingerprint density at radius 1 is 0.700 bits per heavy atom. The molecule has 3 atom stereocenters. The van der Waals surface area contributed by atoms with Crippen LogP contribution in [0, 0.1) is 0 Å². The van der Waals surface area contributed by atoms with Gasteiger partial charge in [-0.3, -0.25) is 9.36 Å². The maximum absolute atomic E-state index is 12.8. The first-order valence-corrected chi connectivity index (χ1v) is 21.8. The number of hydrogen-bond donors (Lipinski definition) is 2. The lowest BCUT2D eigenvalue weighted by molar-refractivity contribution is -0.870. The van der Waals surface area contributed by atoms with Gasteiger partial charge >= 0.3 is 0 Å². The molecular formula is C41H79N2O6P. The number of unbranched alkanes of at least 4 members (excludes halogenated alkanes) is 19. The van der Waals surface area contributed by atoms with E-state index in [1.807, 2.05) is 27.2 Å². The van der Waals surface area contributed by atoms with Gasteiger partial charge in [-0.25, -0.2) is 0 Å². The quantitative estimate of drug-likeness (QED) is 0.0288.